The van der Waals surface area contributed by atoms with Gasteiger partial charge in [0.05, 0.1) is 0 Å². The number of carbonyl (C=O) groups is 1. The summed E-state index contributed by atoms with van der Waals surface area (Å²) in [7, 11) is 0. The Morgan fingerprint density at radius 3 is 2.81 bits per heavy atom. The number of hydrogen-bond acceptors (Lipinski definition) is 2. The summed E-state index contributed by atoms with van der Waals surface area (Å²) in [6, 6.07) is 0. The first kappa shape index (κ1) is 13.2. The molecule has 0 saturated heterocycles. The zero-order valence-electron chi connectivity index (χ0n) is 10.4. The monoisotopic (exact) mass is 224 g/mol. The van der Waals surface area contributed by atoms with Crippen LogP contribution in [-0.4, -0.2) is 30.4 Å². The Balaban J connectivity index is 2.13. The highest BCUT2D eigenvalue weighted by Gasteiger charge is 2.15. The minimum absolute atomic E-state index is 0.320. The molecular formula is C13H24N2O. The quantitative estimate of drug-likeness (QED) is 0.554. The van der Waals surface area contributed by atoms with Crippen LogP contribution in [-0.2, 0) is 4.79 Å². The minimum atomic E-state index is 0.320. The molecule has 0 aliphatic carbocycles. The van der Waals surface area contributed by atoms with Crippen LogP contribution in [0.15, 0.2) is 11.6 Å². The number of rotatable bonds is 6. The Bertz CT molecular complexity index is 248. The van der Waals surface area contributed by atoms with Crippen molar-refractivity contribution in [2.45, 2.75) is 45.4 Å². The summed E-state index contributed by atoms with van der Waals surface area (Å²) in [6.45, 7) is 4.60. The molecule has 0 aromatic rings. The number of amides is 1. The van der Waals surface area contributed by atoms with Crippen LogP contribution in [0.5, 0.6) is 0 Å². The maximum atomic E-state index is 11.9. The topological polar surface area (TPSA) is 46.3 Å². The van der Waals surface area contributed by atoms with E-state index in [1.807, 2.05) is 4.90 Å². The van der Waals surface area contributed by atoms with E-state index < -0.39 is 0 Å². The Labute approximate surface area is 98.7 Å². The standard InChI is InChI=1S/C13H24N2O/c1-12-7-6-10-15(11-12)13(16)8-4-2-3-5-9-14/h7H,2-6,8-11,14H2,1H3. The van der Waals surface area contributed by atoms with Crippen molar-refractivity contribution >= 4 is 5.91 Å². The molecule has 1 aliphatic rings. The van der Waals surface area contributed by atoms with Gasteiger partial charge in [0.1, 0.15) is 0 Å². The normalized spacial score (nSPS) is 16.1. The van der Waals surface area contributed by atoms with E-state index in [2.05, 4.69) is 13.0 Å². The van der Waals surface area contributed by atoms with Gasteiger partial charge in [0.15, 0.2) is 0 Å². The van der Waals surface area contributed by atoms with E-state index in [9.17, 15) is 4.79 Å². The van der Waals surface area contributed by atoms with Crippen molar-refractivity contribution in [1.82, 2.24) is 4.90 Å². The van der Waals surface area contributed by atoms with Crippen LogP contribution in [0.25, 0.3) is 0 Å². The van der Waals surface area contributed by atoms with Gasteiger partial charge in [-0.1, -0.05) is 24.5 Å². The predicted molar refractivity (Wildman–Crippen MR) is 67.1 cm³/mol. The third-order valence-electron chi connectivity index (χ3n) is 3.03. The van der Waals surface area contributed by atoms with Gasteiger partial charge in [0, 0.05) is 19.5 Å². The summed E-state index contributed by atoms with van der Waals surface area (Å²) >= 11 is 0. The number of carbonyl (C=O) groups excluding carboxylic acids is 1. The zero-order valence-corrected chi connectivity index (χ0v) is 10.4. The van der Waals surface area contributed by atoms with Gasteiger partial charge in [-0.05, 0) is 32.7 Å². The van der Waals surface area contributed by atoms with Crippen molar-refractivity contribution < 1.29 is 4.79 Å². The van der Waals surface area contributed by atoms with Gasteiger partial charge < -0.3 is 10.6 Å². The van der Waals surface area contributed by atoms with Gasteiger partial charge >= 0.3 is 0 Å². The van der Waals surface area contributed by atoms with Crippen molar-refractivity contribution in [3.05, 3.63) is 11.6 Å². The van der Waals surface area contributed by atoms with Crippen LogP contribution in [0.4, 0.5) is 0 Å². The summed E-state index contributed by atoms with van der Waals surface area (Å²) in [4.78, 5) is 13.8. The molecule has 0 spiro atoms. The van der Waals surface area contributed by atoms with Crippen LogP contribution in [0.1, 0.15) is 45.4 Å². The molecule has 16 heavy (non-hydrogen) atoms. The van der Waals surface area contributed by atoms with Crippen molar-refractivity contribution in [2.24, 2.45) is 5.73 Å². The molecule has 0 radical (unpaired) electrons. The first-order valence-electron chi connectivity index (χ1n) is 6.37. The van der Waals surface area contributed by atoms with E-state index in [0.717, 1.165) is 51.7 Å². The van der Waals surface area contributed by atoms with E-state index in [1.54, 1.807) is 0 Å². The number of nitrogens with two attached hydrogens (primary N) is 1. The minimum Gasteiger partial charge on any atom is -0.338 e. The largest absolute Gasteiger partial charge is 0.338 e. The smallest absolute Gasteiger partial charge is 0.222 e. The fraction of sp³-hybridized carbons (Fsp3) is 0.769. The van der Waals surface area contributed by atoms with E-state index >= 15 is 0 Å². The van der Waals surface area contributed by atoms with E-state index in [-0.39, 0.29) is 0 Å². The van der Waals surface area contributed by atoms with Crippen LogP contribution >= 0.6 is 0 Å². The first-order chi connectivity index (χ1) is 7.74. The summed E-state index contributed by atoms with van der Waals surface area (Å²) in [5.41, 5.74) is 6.74. The Morgan fingerprint density at radius 2 is 2.12 bits per heavy atom. The third-order valence-corrected chi connectivity index (χ3v) is 3.03. The van der Waals surface area contributed by atoms with E-state index in [0.29, 0.717) is 12.3 Å². The van der Waals surface area contributed by atoms with Crippen molar-refractivity contribution in [1.29, 1.82) is 0 Å². The van der Waals surface area contributed by atoms with Crippen LogP contribution in [0.3, 0.4) is 0 Å². The van der Waals surface area contributed by atoms with Crippen molar-refractivity contribution in [3.8, 4) is 0 Å². The Kier molecular flexibility index (Phi) is 6.16. The SMILES string of the molecule is CC1=CCCN(C(=O)CCCCCCN)C1. The number of nitrogens with zero attached hydrogens (tertiary/aromatic N) is 1. The molecule has 1 aliphatic heterocycles. The highest BCUT2D eigenvalue weighted by Crippen LogP contribution is 2.12. The maximum Gasteiger partial charge on any atom is 0.222 e. The van der Waals surface area contributed by atoms with Gasteiger partial charge in [0.25, 0.3) is 0 Å². The zero-order chi connectivity index (χ0) is 11.8. The molecule has 0 fully saturated rings. The van der Waals surface area contributed by atoms with E-state index in [1.165, 1.54) is 5.57 Å². The lowest BCUT2D eigenvalue weighted by molar-refractivity contribution is -0.131. The Morgan fingerprint density at radius 1 is 1.38 bits per heavy atom. The van der Waals surface area contributed by atoms with Gasteiger partial charge in [-0.25, -0.2) is 0 Å². The summed E-state index contributed by atoms with van der Waals surface area (Å²) in [5.74, 6) is 0.320. The summed E-state index contributed by atoms with van der Waals surface area (Å²) < 4.78 is 0. The molecule has 0 saturated carbocycles. The lowest BCUT2D eigenvalue weighted by atomic mass is 10.1. The lowest BCUT2D eigenvalue weighted by Gasteiger charge is -2.26. The van der Waals surface area contributed by atoms with Crippen LogP contribution in [0, 0.1) is 0 Å². The molecule has 3 heteroatoms. The second-order valence-corrected chi connectivity index (χ2v) is 4.61. The second kappa shape index (κ2) is 7.44. The van der Waals surface area contributed by atoms with Gasteiger partial charge in [-0.3, -0.25) is 4.79 Å². The lowest BCUT2D eigenvalue weighted by Crippen LogP contribution is -2.35. The fourth-order valence-corrected chi connectivity index (χ4v) is 2.06. The maximum absolute atomic E-state index is 11.9. The predicted octanol–water partition coefficient (Wildman–Crippen LogP) is 2.07. The van der Waals surface area contributed by atoms with E-state index in [4.69, 9.17) is 5.73 Å². The molecule has 2 N–H and O–H groups in total. The molecule has 0 aromatic heterocycles. The molecular weight excluding hydrogens is 200 g/mol. The van der Waals surface area contributed by atoms with Gasteiger partial charge in [-0.15, -0.1) is 0 Å². The molecule has 1 rings (SSSR count). The van der Waals surface area contributed by atoms with Gasteiger partial charge in [-0.2, -0.15) is 0 Å². The fourth-order valence-electron chi connectivity index (χ4n) is 2.06. The van der Waals surface area contributed by atoms with Crippen LogP contribution in [0.2, 0.25) is 0 Å². The molecule has 1 amide bonds. The Hall–Kier alpha value is -0.830. The average molecular weight is 224 g/mol. The van der Waals surface area contributed by atoms with Gasteiger partial charge in [0.2, 0.25) is 5.91 Å². The highest BCUT2D eigenvalue weighted by atomic mass is 16.2. The molecule has 1 heterocycles. The average Bonchev–Trinajstić information content (AvgIpc) is 2.28. The first-order valence-corrected chi connectivity index (χ1v) is 6.37. The molecule has 0 bridgehead atoms. The summed E-state index contributed by atoms with van der Waals surface area (Å²) in [6.07, 6.45) is 8.33. The summed E-state index contributed by atoms with van der Waals surface area (Å²) in [5, 5.41) is 0. The van der Waals surface area contributed by atoms with Crippen molar-refractivity contribution in [2.75, 3.05) is 19.6 Å². The highest BCUT2D eigenvalue weighted by molar-refractivity contribution is 5.76. The van der Waals surface area contributed by atoms with Crippen molar-refractivity contribution in [3.63, 3.8) is 0 Å². The van der Waals surface area contributed by atoms with Crippen LogP contribution < -0.4 is 5.73 Å². The number of hydrogen-bond donors (Lipinski definition) is 1. The third kappa shape index (κ3) is 4.79. The molecule has 3 nitrogen and oxygen atoms in total. The molecule has 92 valence electrons. The molecule has 0 unspecified atom stereocenters. The molecule has 0 atom stereocenters. The number of unbranched alkanes of at least 4 members (excludes halogenated alkanes) is 3. The molecule has 0 aromatic carbocycles. The second-order valence-electron chi connectivity index (χ2n) is 4.61.